The van der Waals surface area contributed by atoms with Crippen LogP contribution in [-0.4, -0.2) is 78.7 Å². The van der Waals surface area contributed by atoms with Crippen LogP contribution in [0, 0.1) is 17.7 Å². The number of nitrogens with zero attached hydrogens (tertiary/aromatic N) is 6. The number of carbonyl (C=O) groups is 1. The van der Waals surface area contributed by atoms with Gasteiger partial charge < -0.3 is 20.4 Å². The molecule has 4 aliphatic rings. The van der Waals surface area contributed by atoms with Gasteiger partial charge in [0.1, 0.15) is 11.6 Å². The smallest absolute Gasteiger partial charge is 0.306 e. The predicted octanol–water partition coefficient (Wildman–Crippen LogP) is 6.74. The second kappa shape index (κ2) is 15.6. The third-order valence-corrected chi connectivity index (χ3v) is 12.7. The van der Waals surface area contributed by atoms with Gasteiger partial charge in [0.15, 0.2) is 0 Å². The van der Waals surface area contributed by atoms with Crippen LogP contribution in [-0.2, 0) is 24.2 Å². The average molecular weight is 702 g/mol. The van der Waals surface area contributed by atoms with Gasteiger partial charge >= 0.3 is 5.97 Å². The van der Waals surface area contributed by atoms with Crippen molar-refractivity contribution in [1.29, 1.82) is 0 Å². The number of rotatable bonds is 12. The first kappa shape index (κ1) is 35.8. The summed E-state index contributed by atoms with van der Waals surface area (Å²) in [6.07, 6.45) is 15.5. The highest BCUT2D eigenvalue weighted by Crippen LogP contribution is 2.41. The number of nitrogens with one attached hydrogen (secondary N) is 1. The first-order chi connectivity index (χ1) is 24.7. The lowest BCUT2D eigenvalue weighted by molar-refractivity contribution is -0.143. The minimum atomic E-state index is -0.677. The molecule has 1 saturated carbocycles. The highest BCUT2D eigenvalue weighted by molar-refractivity contribution is 5.70. The summed E-state index contributed by atoms with van der Waals surface area (Å²) in [4.78, 5) is 27.2. The third-order valence-electron chi connectivity index (χ3n) is 12.7. The van der Waals surface area contributed by atoms with Gasteiger partial charge in [-0.3, -0.25) is 14.4 Å². The zero-order valence-corrected chi connectivity index (χ0v) is 30.6. The molecule has 51 heavy (non-hydrogen) atoms. The minimum absolute atomic E-state index is 0.0800. The summed E-state index contributed by atoms with van der Waals surface area (Å²) < 4.78 is 16.4. The number of hydrogen-bond donors (Lipinski definition) is 3. The summed E-state index contributed by atoms with van der Waals surface area (Å²) in [5, 5.41) is 28.9. The van der Waals surface area contributed by atoms with Gasteiger partial charge in [0.05, 0.1) is 30.0 Å². The number of hydrogen-bond acceptors (Lipinski definition) is 8. The molecule has 3 N–H and O–H groups in total. The Morgan fingerprint density at radius 3 is 2.51 bits per heavy atom. The Labute approximate surface area is 301 Å². The zero-order valence-electron chi connectivity index (χ0n) is 30.6. The van der Waals surface area contributed by atoms with Crippen LogP contribution in [0.15, 0.2) is 36.7 Å². The maximum absolute atomic E-state index is 14.4. The van der Waals surface area contributed by atoms with Gasteiger partial charge in [-0.05, 0) is 114 Å². The maximum atomic E-state index is 14.4. The fraction of sp³-hybridized carbons (Fsp3) is 0.650. The quantitative estimate of drug-likeness (QED) is 0.189. The molecule has 10 nitrogen and oxygen atoms in total. The molecule has 0 radical (unpaired) electrons. The Balaban J connectivity index is 1.24. The lowest BCUT2D eigenvalue weighted by atomic mass is 9.77. The Morgan fingerprint density at radius 1 is 1.08 bits per heavy atom. The van der Waals surface area contributed by atoms with Gasteiger partial charge in [-0.2, -0.15) is 10.1 Å². The highest BCUT2D eigenvalue weighted by Gasteiger charge is 2.40. The number of aliphatic hydroxyl groups excluding tert-OH is 1. The van der Waals surface area contributed by atoms with Crippen molar-refractivity contribution in [2.24, 2.45) is 11.8 Å². The molecule has 3 fully saturated rings. The number of aromatic nitrogens is 4. The molecule has 2 saturated heterocycles. The molecule has 2 bridgehead atoms. The summed E-state index contributed by atoms with van der Waals surface area (Å²) in [6.45, 7) is 5.88. The molecule has 1 aromatic carbocycles. The number of benzene rings is 1. The van der Waals surface area contributed by atoms with Crippen molar-refractivity contribution in [2.45, 2.75) is 140 Å². The van der Waals surface area contributed by atoms with Gasteiger partial charge in [0.2, 0.25) is 5.95 Å². The van der Waals surface area contributed by atoms with Crippen LogP contribution in [0.2, 0.25) is 0 Å². The number of aryl methyl sites for hydroxylation is 2. The molecule has 11 heteroatoms. The topological polar surface area (TPSA) is 120 Å². The van der Waals surface area contributed by atoms with Crippen LogP contribution in [0.3, 0.4) is 0 Å². The summed E-state index contributed by atoms with van der Waals surface area (Å²) in [5.41, 5.74) is 4.27. The van der Waals surface area contributed by atoms with E-state index in [9.17, 15) is 19.4 Å². The monoisotopic (exact) mass is 701 g/mol. The number of carboxylic acid groups (broad SMARTS) is 1. The molecule has 2 aromatic heterocycles. The van der Waals surface area contributed by atoms with Crippen molar-refractivity contribution in [3.05, 3.63) is 64.9 Å². The fourth-order valence-corrected chi connectivity index (χ4v) is 9.83. The van der Waals surface area contributed by atoms with Crippen LogP contribution >= 0.6 is 0 Å². The van der Waals surface area contributed by atoms with E-state index in [1.807, 2.05) is 16.9 Å². The second-order valence-corrected chi connectivity index (χ2v) is 15.7. The standard InChI is InChI=1S/C40H56FN7O3/c1-4-37(25-12-14-26(15-13-25)39(50)51)46(3)40-44-35-17-16-28(27-8-6-9-30(41)18-27)19-34(35)38(45-40)43-36(29-22-42-47(5-2)23-29)24-48-31-10-7-11-32(48)21-33(49)20-31/h6,8-9,18,22-23,25-26,28,31-33,36-37,49H,4-5,7,10-17,19-21,24H2,1-3H3,(H,50,51)(H,43,44,45)/t25?,26?,28-,31?,32?,33?,36+,37-/m1/s1. The summed E-state index contributed by atoms with van der Waals surface area (Å²) in [6, 6.07) is 7.85. The largest absolute Gasteiger partial charge is 0.481 e. The predicted molar refractivity (Wildman–Crippen MR) is 196 cm³/mol. The molecule has 2 unspecified atom stereocenters. The van der Waals surface area contributed by atoms with E-state index in [1.165, 1.54) is 12.5 Å². The average Bonchev–Trinajstić information content (AvgIpc) is 3.61. The van der Waals surface area contributed by atoms with E-state index < -0.39 is 5.97 Å². The van der Waals surface area contributed by atoms with E-state index in [-0.39, 0.29) is 35.8 Å². The van der Waals surface area contributed by atoms with E-state index in [2.05, 4.69) is 47.3 Å². The van der Waals surface area contributed by atoms with Crippen LogP contribution in [0.5, 0.6) is 0 Å². The summed E-state index contributed by atoms with van der Waals surface area (Å²) >= 11 is 0. The van der Waals surface area contributed by atoms with Crippen molar-refractivity contribution in [3.8, 4) is 0 Å². The molecular weight excluding hydrogens is 645 g/mol. The Kier molecular flexibility index (Phi) is 10.9. The summed E-state index contributed by atoms with van der Waals surface area (Å²) in [5.74, 6) is 0.949. The number of anilines is 2. The second-order valence-electron chi connectivity index (χ2n) is 15.7. The molecule has 276 valence electrons. The number of fused-ring (bicyclic) bond motifs is 3. The Hall–Kier alpha value is -3.57. The number of halogens is 1. The first-order valence-electron chi connectivity index (χ1n) is 19.5. The van der Waals surface area contributed by atoms with E-state index in [0.29, 0.717) is 36.8 Å². The Morgan fingerprint density at radius 2 is 1.84 bits per heavy atom. The van der Waals surface area contributed by atoms with E-state index in [0.717, 1.165) is 105 Å². The van der Waals surface area contributed by atoms with E-state index in [1.54, 1.807) is 12.1 Å². The van der Waals surface area contributed by atoms with Gasteiger partial charge in [0, 0.05) is 55.6 Å². The van der Waals surface area contributed by atoms with Crippen molar-refractivity contribution < 1.29 is 19.4 Å². The molecule has 2 aliphatic heterocycles. The Bertz CT molecular complexity index is 1640. The SMILES string of the molecule is CC[C@H](C1CCC(C(=O)O)CC1)N(C)c1nc2c(c(N[C@@H](CN3C4CCCC3CC(O)C4)c3cnn(CC)c3)n1)C[C@H](c1cccc(F)c1)CC2. The van der Waals surface area contributed by atoms with Gasteiger partial charge in [-0.25, -0.2) is 9.37 Å². The van der Waals surface area contributed by atoms with Gasteiger partial charge in [0.25, 0.3) is 0 Å². The van der Waals surface area contributed by atoms with Crippen LogP contribution in [0.1, 0.15) is 119 Å². The molecule has 5 atom stereocenters. The number of piperidine rings is 2. The maximum Gasteiger partial charge on any atom is 0.306 e. The third kappa shape index (κ3) is 7.80. The van der Waals surface area contributed by atoms with Crippen molar-refractivity contribution in [1.82, 2.24) is 24.6 Å². The lowest BCUT2D eigenvalue weighted by Gasteiger charge is -2.49. The summed E-state index contributed by atoms with van der Waals surface area (Å²) in [7, 11) is 2.10. The van der Waals surface area contributed by atoms with Crippen LogP contribution in [0.25, 0.3) is 0 Å². The number of aliphatic carboxylic acids is 1. The van der Waals surface area contributed by atoms with Crippen LogP contribution < -0.4 is 10.2 Å². The fourth-order valence-electron chi connectivity index (χ4n) is 9.83. The minimum Gasteiger partial charge on any atom is -0.481 e. The normalized spacial score (nSPS) is 27.7. The molecule has 0 spiro atoms. The van der Waals surface area contributed by atoms with Crippen molar-refractivity contribution in [2.75, 3.05) is 23.8 Å². The highest BCUT2D eigenvalue weighted by atomic mass is 19.1. The molecule has 4 heterocycles. The number of aliphatic hydroxyl groups is 1. The van der Waals surface area contributed by atoms with Crippen molar-refractivity contribution >= 4 is 17.7 Å². The molecule has 7 rings (SSSR count). The molecule has 3 aromatic rings. The van der Waals surface area contributed by atoms with Crippen molar-refractivity contribution in [3.63, 3.8) is 0 Å². The zero-order chi connectivity index (χ0) is 35.6. The van der Waals surface area contributed by atoms with E-state index >= 15 is 0 Å². The lowest BCUT2D eigenvalue weighted by Crippen LogP contribution is -2.55. The molecule has 2 aliphatic carbocycles. The first-order valence-corrected chi connectivity index (χ1v) is 19.5. The van der Waals surface area contributed by atoms with E-state index in [4.69, 9.17) is 9.97 Å². The molecule has 0 amide bonds. The molecular formula is C40H56FN7O3. The van der Waals surface area contributed by atoms with Gasteiger partial charge in [-0.15, -0.1) is 0 Å². The van der Waals surface area contributed by atoms with Crippen LogP contribution in [0.4, 0.5) is 16.2 Å². The number of carboxylic acids is 1. The van der Waals surface area contributed by atoms with Gasteiger partial charge in [-0.1, -0.05) is 25.5 Å².